The van der Waals surface area contributed by atoms with Crippen molar-refractivity contribution in [3.05, 3.63) is 77.5 Å². The van der Waals surface area contributed by atoms with Gasteiger partial charge in [0.1, 0.15) is 35.6 Å². The topological polar surface area (TPSA) is 52.9 Å². The highest BCUT2D eigenvalue weighted by molar-refractivity contribution is 5.95. The molecule has 2 heterocycles. The number of alkyl halides is 3. The van der Waals surface area contributed by atoms with Gasteiger partial charge < -0.3 is 14.2 Å². The van der Waals surface area contributed by atoms with Gasteiger partial charge >= 0.3 is 6.11 Å². The highest BCUT2D eigenvalue weighted by atomic mass is 19.3. The fraction of sp³-hybridized carbons (Fsp3) is 0.250. The van der Waals surface area contributed by atoms with Crippen molar-refractivity contribution in [3.8, 4) is 22.8 Å². The van der Waals surface area contributed by atoms with Crippen LogP contribution in [0, 0.1) is 11.6 Å². The number of hydrogen-bond donors (Lipinski definition) is 0. The molecule has 1 aromatic heterocycles. The van der Waals surface area contributed by atoms with Crippen LogP contribution in [-0.4, -0.2) is 36.9 Å². The van der Waals surface area contributed by atoms with E-state index in [0.717, 1.165) is 12.1 Å². The van der Waals surface area contributed by atoms with E-state index in [0.29, 0.717) is 29.0 Å². The molecule has 5 nitrogen and oxygen atoms in total. The van der Waals surface area contributed by atoms with E-state index in [-0.39, 0.29) is 18.1 Å². The Hall–Kier alpha value is -3.69. The minimum absolute atomic E-state index is 0.0684. The van der Waals surface area contributed by atoms with E-state index >= 15 is 0 Å². The summed E-state index contributed by atoms with van der Waals surface area (Å²) in [5.74, 6) is -1.62. The lowest BCUT2D eigenvalue weighted by molar-refractivity contribution is -0.188. The highest BCUT2D eigenvalue weighted by Gasteiger charge is 2.32. The molecule has 0 bridgehead atoms. The van der Waals surface area contributed by atoms with Crippen molar-refractivity contribution in [1.82, 2.24) is 4.98 Å². The molecule has 0 saturated carbocycles. The zero-order valence-corrected chi connectivity index (χ0v) is 17.9. The van der Waals surface area contributed by atoms with Gasteiger partial charge in [-0.25, -0.2) is 23.1 Å². The van der Waals surface area contributed by atoms with E-state index < -0.39 is 36.3 Å². The molecule has 2 aromatic carbocycles. The van der Waals surface area contributed by atoms with Crippen molar-refractivity contribution in [1.29, 1.82) is 0 Å². The van der Waals surface area contributed by atoms with Crippen molar-refractivity contribution in [3.63, 3.8) is 0 Å². The van der Waals surface area contributed by atoms with Crippen molar-refractivity contribution in [2.24, 2.45) is 4.99 Å². The Morgan fingerprint density at radius 3 is 2.44 bits per heavy atom. The van der Waals surface area contributed by atoms with E-state index in [2.05, 4.69) is 14.7 Å². The number of benzene rings is 2. The van der Waals surface area contributed by atoms with Gasteiger partial charge in [-0.1, -0.05) is 18.2 Å². The number of hydrogen-bond acceptors (Lipinski definition) is 5. The molecular formula is C24H19F5N2O3. The summed E-state index contributed by atoms with van der Waals surface area (Å²) in [6.45, 7) is 0.239. The Morgan fingerprint density at radius 2 is 1.79 bits per heavy atom. The lowest BCUT2D eigenvalue weighted by atomic mass is 10.0. The second-order valence-corrected chi connectivity index (χ2v) is 7.30. The fourth-order valence-electron chi connectivity index (χ4n) is 3.43. The molecule has 1 aliphatic heterocycles. The number of rotatable bonds is 8. The normalized spacial score (nSPS) is 15.6. The van der Waals surface area contributed by atoms with Crippen LogP contribution in [-0.2, 0) is 4.74 Å². The Bertz CT molecular complexity index is 1180. The number of ether oxygens (including phenoxy) is 3. The molecule has 0 N–H and O–H groups in total. The Morgan fingerprint density at radius 1 is 1.06 bits per heavy atom. The second kappa shape index (κ2) is 9.66. The third-order valence-electron chi connectivity index (χ3n) is 4.98. The summed E-state index contributed by atoms with van der Waals surface area (Å²) in [7, 11) is 0. The maximum atomic E-state index is 14.1. The third kappa shape index (κ3) is 4.95. The molecule has 3 aromatic rings. The van der Waals surface area contributed by atoms with Crippen molar-refractivity contribution < 1.29 is 36.2 Å². The summed E-state index contributed by atoms with van der Waals surface area (Å²) in [6, 6.07) is 10.8. The molecule has 0 amide bonds. The maximum Gasteiger partial charge on any atom is 0.428 e. The zero-order valence-electron chi connectivity index (χ0n) is 17.9. The SMILES string of the molecule is CCOc1cc(-c2ccc(OC(F)(F)CF)nc2)ccc1C1COC(c2c(F)cccc2F)=N1. The monoisotopic (exact) mass is 478 g/mol. The van der Waals surface area contributed by atoms with Crippen LogP contribution in [0.4, 0.5) is 22.0 Å². The van der Waals surface area contributed by atoms with Gasteiger partial charge in [-0.05, 0) is 36.8 Å². The molecule has 0 aliphatic carbocycles. The molecule has 0 fully saturated rings. The summed E-state index contributed by atoms with van der Waals surface area (Å²) < 4.78 is 82.1. The van der Waals surface area contributed by atoms with Crippen molar-refractivity contribution >= 4 is 5.90 Å². The lowest BCUT2D eigenvalue weighted by Crippen LogP contribution is -2.27. The van der Waals surface area contributed by atoms with Crippen LogP contribution in [0.3, 0.4) is 0 Å². The summed E-state index contributed by atoms with van der Waals surface area (Å²) in [6.07, 6.45) is -2.64. The minimum atomic E-state index is -3.95. The molecule has 0 spiro atoms. The molecule has 0 radical (unpaired) electrons. The van der Waals surface area contributed by atoms with E-state index in [9.17, 15) is 22.0 Å². The first-order valence-electron chi connectivity index (χ1n) is 10.3. The van der Waals surface area contributed by atoms with Gasteiger partial charge in [-0.3, -0.25) is 0 Å². The van der Waals surface area contributed by atoms with Gasteiger partial charge in [-0.15, -0.1) is 0 Å². The van der Waals surface area contributed by atoms with Crippen molar-refractivity contribution in [2.45, 2.75) is 19.1 Å². The number of halogens is 5. The molecule has 1 unspecified atom stereocenters. The first-order chi connectivity index (χ1) is 16.3. The molecule has 1 atom stereocenters. The van der Waals surface area contributed by atoms with Gasteiger partial charge in [0.05, 0.1) is 6.61 Å². The second-order valence-electron chi connectivity index (χ2n) is 7.30. The summed E-state index contributed by atoms with van der Waals surface area (Å²) in [5.41, 5.74) is 1.55. The number of nitrogens with zero attached hydrogens (tertiary/aromatic N) is 2. The molecule has 178 valence electrons. The highest BCUT2D eigenvalue weighted by Crippen LogP contribution is 2.36. The quantitative estimate of drug-likeness (QED) is 0.379. The Labute approximate surface area is 191 Å². The predicted molar refractivity (Wildman–Crippen MR) is 114 cm³/mol. The van der Waals surface area contributed by atoms with E-state index in [1.165, 1.54) is 24.4 Å². The van der Waals surface area contributed by atoms with Gasteiger partial charge in [0.2, 0.25) is 11.8 Å². The number of pyridine rings is 1. The Kier molecular flexibility index (Phi) is 6.67. The lowest BCUT2D eigenvalue weighted by Gasteiger charge is -2.15. The summed E-state index contributed by atoms with van der Waals surface area (Å²) in [4.78, 5) is 8.15. The van der Waals surface area contributed by atoms with Crippen LogP contribution in [0.15, 0.2) is 59.7 Å². The van der Waals surface area contributed by atoms with E-state index in [1.807, 2.05) is 0 Å². The number of aromatic nitrogens is 1. The van der Waals surface area contributed by atoms with Gasteiger partial charge in [-0.2, -0.15) is 8.78 Å². The predicted octanol–water partition coefficient (Wildman–Crippen LogP) is 5.88. The van der Waals surface area contributed by atoms with Crippen LogP contribution in [0.1, 0.15) is 24.1 Å². The third-order valence-corrected chi connectivity index (χ3v) is 4.98. The first-order valence-corrected chi connectivity index (χ1v) is 10.3. The smallest absolute Gasteiger partial charge is 0.428 e. The van der Waals surface area contributed by atoms with E-state index in [4.69, 9.17) is 9.47 Å². The molecule has 34 heavy (non-hydrogen) atoms. The first kappa shape index (κ1) is 23.5. The van der Waals surface area contributed by atoms with Crippen LogP contribution in [0.2, 0.25) is 0 Å². The van der Waals surface area contributed by atoms with Crippen LogP contribution >= 0.6 is 0 Å². The molecule has 1 aliphatic rings. The Balaban J connectivity index is 1.61. The standard InChI is InChI=1S/C24H19F5N2O3/c1-2-32-20-10-14(15-7-9-21(30-11-15)34-24(28,29)13-25)6-8-16(20)19-12-33-23(31-19)22-17(26)4-3-5-18(22)27/h3-11,19H,2,12-13H2,1H3. The molecule has 10 heteroatoms. The van der Waals surface area contributed by atoms with Crippen molar-refractivity contribution in [2.75, 3.05) is 19.9 Å². The van der Waals surface area contributed by atoms with Crippen LogP contribution in [0.5, 0.6) is 11.6 Å². The average molecular weight is 478 g/mol. The maximum absolute atomic E-state index is 14.1. The molecular weight excluding hydrogens is 459 g/mol. The molecule has 4 rings (SSSR count). The van der Waals surface area contributed by atoms with Gasteiger partial charge in [0.15, 0.2) is 6.67 Å². The van der Waals surface area contributed by atoms with Gasteiger partial charge in [0.25, 0.3) is 0 Å². The number of aliphatic imine (C=N–C) groups is 1. The summed E-state index contributed by atoms with van der Waals surface area (Å²) >= 11 is 0. The minimum Gasteiger partial charge on any atom is -0.493 e. The fourth-order valence-corrected chi connectivity index (χ4v) is 3.43. The zero-order chi connectivity index (χ0) is 24.3. The summed E-state index contributed by atoms with van der Waals surface area (Å²) in [5, 5.41) is 0. The molecule has 0 saturated heterocycles. The van der Waals surface area contributed by atoms with E-state index in [1.54, 1.807) is 25.1 Å². The largest absolute Gasteiger partial charge is 0.493 e. The average Bonchev–Trinajstić information content (AvgIpc) is 3.29. The van der Waals surface area contributed by atoms with Crippen LogP contribution < -0.4 is 9.47 Å². The van der Waals surface area contributed by atoms with Gasteiger partial charge in [0, 0.05) is 23.4 Å². The van der Waals surface area contributed by atoms with Crippen LogP contribution in [0.25, 0.3) is 11.1 Å².